The summed E-state index contributed by atoms with van der Waals surface area (Å²) < 4.78 is 1.55. The Labute approximate surface area is 156 Å². The molecule has 0 amide bonds. The Bertz CT molecular complexity index is 919. The molecule has 0 saturated carbocycles. The van der Waals surface area contributed by atoms with E-state index in [4.69, 9.17) is 12.2 Å². The Morgan fingerprint density at radius 3 is 3.08 bits per heavy atom. The lowest BCUT2D eigenvalue weighted by atomic mass is 9.98. The molecule has 2 N–H and O–H groups in total. The summed E-state index contributed by atoms with van der Waals surface area (Å²) in [5, 5.41) is 16.8. The topological polar surface area (TPSA) is 86.5 Å². The number of piperidine rings is 1. The van der Waals surface area contributed by atoms with E-state index in [1.165, 1.54) is 10.8 Å². The van der Waals surface area contributed by atoms with E-state index in [2.05, 4.69) is 21.6 Å². The Morgan fingerprint density at radius 1 is 1.50 bits per heavy atom. The van der Waals surface area contributed by atoms with Crippen molar-refractivity contribution in [1.82, 2.24) is 19.5 Å². The number of hydrogen-bond acceptors (Lipinski definition) is 6. The second-order valence-corrected chi connectivity index (χ2v) is 6.49. The van der Waals surface area contributed by atoms with E-state index in [1.54, 1.807) is 12.3 Å². The number of hydrazone groups is 1. The first-order valence-corrected chi connectivity index (χ1v) is 8.90. The molecule has 2 aromatic rings. The molecule has 0 bridgehead atoms. The average Bonchev–Trinajstić information content (AvgIpc) is 2.66. The zero-order valence-corrected chi connectivity index (χ0v) is 15.2. The van der Waals surface area contributed by atoms with Crippen LogP contribution < -0.4 is 5.56 Å². The molecule has 0 radical (unpaired) electrons. The lowest BCUT2D eigenvalue weighted by molar-refractivity contribution is 0.156. The standard InChI is InChI=1S/C18H21N5O2S/c1-2-9-22-17(25)14(16(24)21-18(22)26)12-20-23-10-4-3-7-15(23)13-6-5-8-19-11-13/h2,5-6,8,11-12,15,25H,1,3-4,7,9-10H2,(H,21,24,26)/b20-12+/t15-/m1/s1. The number of H-pyrrole nitrogens is 1. The van der Waals surface area contributed by atoms with Gasteiger partial charge >= 0.3 is 0 Å². The Hall–Kier alpha value is -2.74. The first kappa shape index (κ1) is 18.1. The molecule has 1 aliphatic rings. The maximum absolute atomic E-state index is 12.2. The van der Waals surface area contributed by atoms with Gasteiger partial charge in [-0.1, -0.05) is 12.1 Å². The van der Waals surface area contributed by atoms with Crippen molar-refractivity contribution in [1.29, 1.82) is 0 Å². The van der Waals surface area contributed by atoms with Gasteiger partial charge in [0.05, 0.1) is 12.3 Å². The molecule has 26 heavy (non-hydrogen) atoms. The third-order valence-electron chi connectivity index (χ3n) is 4.40. The summed E-state index contributed by atoms with van der Waals surface area (Å²) in [6.45, 7) is 4.71. The molecule has 0 aliphatic carbocycles. The van der Waals surface area contributed by atoms with Crippen molar-refractivity contribution in [2.45, 2.75) is 31.8 Å². The zero-order valence-electron chi connectivity index (χ0n) is 14.3. The van der Waals surface area contributed by atoms with Crippen molar-refractivity contribution < 1.29 is 5.11 Å². The molecule has 7 nitrogen and oxygen atoms in total. The smallest absolute Gasteiger partial charge is 0.264 e. The van der Waals surface area contributed by atoms with Gasteiger partial charge in [0.15, 0.2) is 4.77 Å². The molecule has 1 atom stereocenters. The minimum atomic E-state index is -0.466. The molecule has 0 spiro atoms. The third-order valence-corrected chi connectivity index (χ3v) is 4.72. The summed E-state index contributed by atoms with van der Waals surface area (Å²) in [4.78, 5) is 18.9. The van der Waals surface area contributed by atoms with Gasteiger partial charge in [0.2, 0.25) is 5.88 Å². The van der Waals surface area contributed by atoms with Crippen molar-refractivity contribution >= 4 is 18.4 Å². The fourth-order valence-corrected chi connectivity index (χ4v) is 3.34. The van der Waals surface area contributed by atoms with Gasteiger partial charge in [0.25, 0.3) is 5.56 Å². The van der Waals surface area contributed by atoms with Gasteiger partial charge in [0, 0.05) is 25.5 Å². The van der Waals surface area contributed by atoms with E-state index >= 15 is 0 Å². The van der Waals surface area contributed by atoms with Gasteiger partial charge < -0.3 is 5.11 Å². The van der Waals surface area contributed by atoms with E-state index in [0.29, 0.717) is 6.54 Å². The van der Waals surface area contributed by atoms with Crippen LogP contribution in [0.1, 0.15) is 36.4 Å². The van der Waals surface area contributed by atoms with E-state index < -0.39 is 5.56 Å². The highest BCUT2D eigenvalue weighted by atomic mass is 32.1. The maximum atomic E-state index is 12.2. The third kappa shape index (κ3) is 3.75. The molecule has 3 heterocycles. The molecule has 2 aromatic heterocycles. The fourth-order valence-electron chi connectivity index (χ4n) is 3.09. The van der Waals surface area contributed by atoms with Crippen LogP contribution in [-0.2, 0) is 6.54 Å². The van der Waals surface area contributed by atoms with Crippen LogP contribution in [0.3, 0.4) is 0 Å². The first-order valence-electron chi connectivity index (χ1n) is 8.49. The summed E-state index contributed by atoms with van der Waals surface area (Å²) in [5.74, 6) is -0.211. The van der Waals surface area contributed by atoms with E-state index in [-0.39, 0.29) is 22.3 Å². The Kier molecular flexibility index (Phi) is 5.62. The van der Waals surface area contributed by atoms with Crippen LogP contribution in [0.2, 0.25) is 0 Å². The number of pyridine rings is 1. The highest BCUT2D eigenvalue weighted by Crippen LogP contribution is 2.30. The second kappa shape index (κ2) is 8.09. The lowest BCUT2D eigenvalue weighted by Gasteiger charge is -2.33. The highest BCUT2D eigenvalue weighted by molar-refractivity contribution is 7.71. The molecule has 8 heteroatoms. The fraction of sp³-hybridized carbons (Fsp3) is 0.333. The van der Waals surface area contributed by atoms with E-state index in [0.717, 1.165) is 31.4 Å². The summed E-state index contributed by atoms with van der Waals surface area (Å²) in [7, 11) is 0. The van der Waals surface area contributed by atoms with Gasteiger partial charge in [-0.3, -0.25) is 24.3 Å². The largest absolute Gasteiger partial charge is 0.494 e. The average molecular weight is 371 g/mol. The van der Waals surface area contributed by atoms with Crippen molar-refractivity contribution in [2.24, 2.45) is 5.10 Å². The maximum Gasteiger partial charge on any atom is 0.264 e. The van der Waals surface area contributed by atoms with E-state index in [9.17, 15) is 9.90 Å². The normalized spacial score (nSPS) is 17.5. The summed E-state index contributed by atoms with van der Waals surface area (Å²) >= 11 is 5.08. The van der Waals surface area contributed by atoms with Crippen LogP contribution >= 0.6 is 12.2 Å². The predicted octanol–water partition coefficient (Wildman–Crippen LogP) is 2.75. The number of allylic oxidation sites excluding steroid dienone is 1. The minimum Gasteiger partial charge on any atom is -0.494 e. The molecular formula is C18H21N5O2S. The highest BCUT2D eigenvalue weighted by Gasteiger charge is 2.23. The second-order valence-electron chi connectivity index (χ2n) is 6.10. The molecule has 136 valence electrons. The van der Waals surface area contributed by atoms with Crippen LogP contribution in [-0.4, -0.2) is 37.4 Å². The quantitative estimate of drug-likeness (QED) is 0.479. The van der Waals surface area contributed by atoms with Gasteiger partial charge in [0.1, 0.15) is 5.56 Å². The summed E-state index contributed by atoms with van der Waals surface area (Å²) in [6, 6.07) is 4.04. The lowest BCUT2D eigenvalue weighted by Crippen LogP contribution is -2.29. The number of hydrogen-bond donors (Lipinski definition) is 2. The Balaban J connectivity index is 1.93. The predicted molar refractivity (Wildman–Crippen MR) is 103 cm³/mol. The Morgan fingerprint density at radius 2 is 2.35 bits per heavy atom. The SMILES string of the molecule is C=CCn1c(O)c(/C=N/N2CCCC[C@@H]2c2cccnc2)c(=O)[nH]c1=S. The first-order chi connectivity index (χ1) is 12.6. The number of aromatic hydroxyl groups is 1. The molecule has 0 unspecified atom stereocenters. The molecule has 1 fully saturated rings. The zero-order chi connectivity index (χ0) is 18.5. The molecule has 1 saturated heterocycles. The van der Waals surface area contributed by atoms with Crippen LogP contribution in [0, 0.1) is 4.77 Å². The number of nitrogens with zero attached hydrogens (tertiary/aromatic N) is 4. The van der Waals surface area contributed by atoms with Crippen molar-refractivity contribution in [3.63, 3.8) is 0 Å². The van der Waals surface area contributed by atoms with Crippen LogP contribution in [0.25, 0.3) is 0 Å². The van der Waals surface area contributed by atoms with Crippen LogP contribution in [0.5, 0.6) is 5.88 Å². The number of aromatic amines is 1. The van der Waals surface area contributed by atoms with Gasteiger partial charge in [-0.15, -0.1) is 6.58 Å². The molecular weight excluding hydrogens is 350 g/mol. The van der Waals surface area contributed by atoms with Crippen molar-refractivity contribution in [3.05, 3.63) is 63.4 Å². The summed E-state index contributed by atoms with van der Waals surface area (Å²) in [6.07, 6.45) is 9.68. The minimum absolute atomic E-state index is 0.0796. The van der Waals surface area contributed by atoms with Gasteiger partial charge in [-0.25, -0.2) is 0 Å². The van der Waals surface area contributed by atoms with Gasteiger partial charge in [-0.05, 0) is 43.1 Å². The van der Waals surface area contributed by atoms with Crippen molar-refractivity contribution in [3.8, 4) is 5.88 Å². The number of nitrogens with one attached hydrogen (secondary N) is 1. The molecule has 1 aliphatic heterocycles. The van der Waals surface area contributed by atoms with Crippen LogP contribution in [0.4, 0.5) is 0 Å². The molecule has 0 aromatic carbocycles. The van der Waals surface area contributed by atoms with Crippen molar-refractivity contribution in [2.75, 3.05) is 6.54 Å². The molecule has 3 rings (SSSR count). The number of aromatic nitrogens is 3. The monoisotopic (exact) mass is 371 g/mol. The number of rotatable bonds is 5. The summed E-state index contributed by atoms with van der Waals surface area (Å²) in [5.41, 5.74) is 0.701. The van der Waals surface area contributed by atoms with E-state index in [1.807, 2.05) is 23.3 Å². The van der Waals surface area contributed by atoms with Crippen LogP contribution in [0.15, 0.2) is 47.1 Å². The van der Waals surface area contributed by atoms with Gasteiger partial charge in [-0.2, -0.15) is 5.10 Å².